The van der Waals surface area contributed by atoms with Crippen LogP contribution in [0, 0.1) is 6.92 Å². The van der Waals surface area contributed by atoms with Gasteiger partial charge in [-0.05, 0) is 20.9 Å². The van der Waals surface area contributed by atoms with E-state index in [0.29, 0.717) is 24.7 Å². The Morgan fingerprint density at radius 1 is 1.50 bits per heavy atom. The number of nitrogens with one attached hydrogen (secondary N) is 2. The van der Waals surface area contributed by atoms with Gasteiger partial charge in [0.2, 0.25) is 11.8 Å². The van der Waals surface area contributed by atoms with Crippen molar-refractivity contribution in [3.05, 3.63) is 11.7 Å². The van der Waals surface area contributed by atoms with Crippen LogP contribution in [-0.4, -0.2) is 35.2 Å². The van der Waals surface area contributed by atoms with E-state index in [2.05, 4.69) is 20.8 Å². The van der Waals surface area contributed by atoms with E-state index in [9.17, 15) is 4.79 Å². The normalized spacial score (nSPS) is 11.5. The Labute approximate surface area is 94.8 Å². The van der Waals surface area contributed by atoms with E-state index in [4.69, 9.17) is 4.52 Å². The van der Waals surface area contributed by atoms with Crippen molar-refractivity contribution in [3.63, 3.8) is 0 Å². The summed E-state index contributed by atoms with van der Waals surface area (Å²) in [5.41, 5.74) is -0.562. The number of rotatable bonds is 5. The van der Waals surface area contributed by atoms with E-state index in [1.807, 2.05) is 13.8 Å². The quantitative estimate of drug-likeness (QED) is 0.740. The largest absolute Gasteiger partial charge is 0.354 e. The van der Waals surface area contributed by atoms with Gasteiger partial charge in [-0.25, -0.2) is 0 Å². The van der Waals surface area contributed by atoms with Gasteiger partial charge in [-0.15, -0.1) is 0 Å². The molecule has 0 aromatic carbocycles. The summed E-state index contributed by atoms with van der Waals surface area (Å²) in [6.45, 7) is 5.88. The second kappa shape index (κ2) is 5.07. The van der Waals surface area contributed by atoms with Crippen LogP contribution in [0.5, 0.6) is 0 Å². The van der Waals surface area contributed by atoms with Crippen LogP contribution in [0.3, 0.4) is 0 Å². The van der Waals surface area contributed by atoms with Crippen molar-refractivity contribution in [2.75, 3.05) is 13.6 Å². The van der Waals surface area contributed by atoms with Crippen molar-refractivity contribution in [1.82, 2.24) is 20.8 Å². The fourth-order valence-corrected chi connectivity index (χ4v) is 1.07. The van der Waals surface area contributed by atoms with Crippen LogP contribution in [0.4, 0.5) is 0 Å². The summed E-state index contributed by atoms with van der Waals surface area (Å²) < 4.78 is 4.82. The lowest BCUT2D eigenvalue weighted by atomic mass is 10.1. The molecular formula is C10H18N4O2. The van der Waals surface area contributed by atoms with Gasteiger partial charge in [0.15, 0.2) is 5.82 Å². The average molecular weight is 226 g/mol. The van der Waals surface area contributed by atoms with Gasteiger partial charge in [-0.1, -0.05) is 5.16 Å². The van der Waals surface area contributed by atoms with Gasteiger partial charge >= 0.3 is 0 Å². The number of hydrogen-bond donors (Lipinski definition) is 2. The minimum absolute atomic E-state index is 0.0461. The maximum Gasteiger partial charge on any atom is 0.239 e. The smallest absolute Gasteiger partial charge is 0.239 e. The van der Waals surface area contributed by atoms with Gasteiger partial charge in [-0.3, -0.25) is 4.79 Å². The zero-order chi connectivity index (χ0) is 12.2. The molecule has 0 spiro atoms. The summed E-state index contributed by atoms with van der Waals surface area (Å²) in [5.74, 6) is 1.10. The van der Waals surface area contributed by atoms with E-state index in [0.717, 1.165) is 0 Å². The molecule has 1 rings (SSSR count). The number of likely N-dealkylation sites (N-methyl/N-ethyl adjacent to an activating group) is 1. The summed E-state index contributed by atoms with van der Waals surface area (Å²) >= 11 is 0. The van der Waals surface area contributed by atoms with E-state index in [1.165, 1.54) is 0 Å². The minimum Gasteiger partial charge on any atom is -0.354 e. The highest BCUT2D eigenvalue weighted by atomic mass is 16.5. The molecule has 1 amide bonds. The second-order valence-corrected chi connectivity index (χ2v) is 4.11. The van der Waals surface area contributed by atoms with Crippen molar-refractivity contribution < 1.29 is 9.32 Å². The Kier molecular flexibility index (Phi) is 4.00. The maximum absolute atomic E-state index is 11.7. The molecule has 6 heteroatoms. The Balaban J connectivity index is 2.33. The van der Waals surface area contributed by atoms with E-state index >= 15 is 0 Å². The zero-order valence-corrected chi connectivity index (χ0v) is 10.1. The third-order valence-electron chi connectivity index (χ3n) is 2.40. The summed E-state index contributed by atoms with van der Waals surface area (Å²) in [6.07, 6.45) is 0.572. The number of hydrogen-bond acceptors (Lipinski definition) is 5. The standard InChI is InChI=1S/C10H18N4O2/c1-7-13-8(14-16-7)5-6-12-9(15)10(2,3)11-4/h11H,5-6H2,1-4H3,(H,12,15). The Morgan fingerprint density at radius 2 is 2.19 bits per heavy atom. The highest BCUT2D eigenvalue weighted by Gasteiger charge is 2.24. The molecule has 2 N–H and O–H groups in total. The van der Waals surface area contributed by atoms with Crippen molar-refractivity contribution >= 4 is 5.91 Å². The molecule has 6 nitrogen and oxygen atoms in total. The second-order valence-electron chi connectivity index (χ2n) is 4.11. The number of nitrogens with zero attached hydrogens (tertiary/aromatic N) is 2. The average Bonchev–Trinajstić information content (AvgIpc) is 2.64. The summed E-state index contributed by atoms with van der Waals surface area (Å²) in [4.78, 5) is 15.7. The predicted molar refractivity (Wildman–Crippen MR) is 58.9 cm³/mol. The Bertz CT molecular complexity index is 359. The molecule has 0 aliphatic heterocycles. The lowest BCUT2D eigenvalue weighted by Crippen LogP contribution is -2.51. The number of amides is 1. The number of carbonyl (C=O) groups excluding carboxylic acids is 1. The van der Waals surface area contributed by atoms with Crippen LogP contribution in [-0.2, 0) is 11.2 Å². The molecule has 0 unspecified atom stereocenters. The first-order valence-corrected chi connectivity index (χ1v) is 5.22. The molecule has 0 aliphatic carbocycles. The van der Waals surface area contributed by atoms with Gasteiger partial charge in [-0.2, -0.15) is 4.98 Å². The van der Waals surface area contributed by atoms with Gasteiger partial charge < -0.3 is 15.2 Å². The number of carbonyl (C=O) groups is 1. The number of aryl methyl sites for hydroxylation is 1. The molecule has 0 saturated carbocycles. The van der Waals surface area contributed by atoms with E-state index in [1.54, 1.807) is 14.0 Å². The predicted octanol–water partition coefficient (Wildman–Crippen LogP) is 0.0347. The highest BCUT2D eigenvalue weighted by molar-refractivity contribution is 5.85. The van der Waals surface area contributed by atoms with Crippen molar-refractivity contribution in [3.8, 4) is 0 Å². The molecule has 1 aromatic rings. The lowest BCUT2D eigenvalue weighted by Gasteiger charge is -2.22. The molecule has 0 saturated heterocycles. The van der Waals surface area contributed by atoms with E-state index < -0.39 is 5.54 Å². The monoisotopic (exact) mass is 226 g/mol. The molecule has 0 radical (unpaired) electrons. The van der Waals surface area contributed by atoms with Crippen molar-refractivity contribution in [1.29, 1.82) is 0 Å². The van der Waals surface area contributed by atoms with Gasteiger partial charge in [0.1, 0.15) is 0 Å². The first kappa shape index (κ1) is 12.6. The Morgan fingerprint density at radius 3 is 2.69 bits per heavy atom. The van der Waals surface area contributed by atoms with Crippen LogP contribution in [0.2, 0.25) is 0 Å². The van der Waals surface area contributed by atoms with Crippen LogP contribution in [0.25, 0.3) is 0 Å². The third kappa shape index (κ3) is 3.30. The molecule has 0 fully saturated rings. The van der Waals surface area contributed by atoms with Crippen LogP contribution in [0.1, 0.15) is 25.6 Å². The number of aromatic nitrogens is 2. The van der Waals surface area contributed by atoms with Gasteiger partial charge in [0.25, 0.3) is 0 Å². The molecule has 16 heavy (non-hydrogen) atoms. The maximum atomic E-state index is 11.7. The topological polar surface area (TPSA) is 80.0 Å². The van der Waals surface area contributed by atoms with E-state index in [-0.39, 0.29) is 5.91 Å². The SMILES string of the molecule is CNC(C)(C)C(=O)NCCc1noc(C)n1. The van der Waals surface area contributed by atoms with Crippen LogP contribution in [0.15, 0.2) is 4.52 Å². The molecule has 0 bridgehead atoms. The summed E-state index contributed by atoms with van der Waals surface area (Å²) in [6, 6.07) is 0. The molecular weight excluding hydrogens is 208 g/mol. The van der Waals surface area contributed by atoms with Gasteiger partial charge in [0.05, 0.1) is 5.54 Å². The lowest BCUT2D eigenvalue weighted by molar-refractivity contribution is -0.126. The van der Waals surface area contributed by atoms with Crippen molar-refractivity contribution in [2.45, 2.75) is 32.7 Å². The summed E-state index contributed by atoms with van der Waals surface area (Å²) in [5, 5.41) is 9.48. The first-order valence-electron chi connectivity index (χ1n) is 5.22. The fraction of sp³-hybridized carbons (Fsp3) is 0.700. The van der Waals surface area contributed by atoms with Crippen LogP contribution < -0.4 is 10.6 Å². The fourth-order valence-electron chi connectivity index (χ4n) is 1.07. The molecule has 1 aromatic heterocycles. The highest BCUT2D eigenvalue weighted by Crippen LogP contribution is 2.00. The van der Waals surface area contributed by atoms with Crippen molar-refractivity contribution in [2.24, 2.45) is 0 Å². The molecule has 0 aliphatic rings. The van der Waals surface area contributed by atoms with Gasteiger partial charge in [0, 0.05) is 19.9 Å². The molecule has 90 valence electrons. The zero-order valence-electron chi connectivity index (χ0n) is 10.1. The molecule has 1 heterocycles. The summed E-state index contributed by atoms with van der Waals surface area (Å²) in [7, 11) is 1.75. The minimum atomic E-state index is -0.562. The Hall–Kier alpha value is -1.43. The third-order valence-corrected chi connectivity index (χ3v) is 2.40. The van der Waals surface area contributed by atoms with Crippen LogP contribution >= 0.6 is 0 Å². The first-order chi connectivity index (χ1) is 7.45. The molecule has 0 atom stereocenters.